The molecule has 2 aromatic rings. The van der Waals surface area contributed by atoms with Gasteiger partial charge >= 0.3 is 5.97 Å². The van der Waals surface area contributed by atoms with Crippen LogP contribution in [0.1, 0.15) is 29.2 Å². The third-order valence-electron chi connectivity index (χ3n) is 5.14. The Hall–Kier alpha value is -3.81. The van der Waals surface area contributed by atoms with E-state index >= 15 is 0 Å². The van der Waals surface area contributed by atoms with Gasteiger partial charge < -0.3 is 24.6 Å². The molecule has 30 heavy (non-hydrogen) atoms. The highest BCUT2D eigenvalue weighted by atomic mass is 16.7. The molecule has 0 saturated carbocycles. The molecule has 1 unspecified atom stereocenters. The number of hydrogen-bond acceptors (Lipinski definition) is 6. The van der Waals surface area contributed by atoms with E-state index in [1.807, 2.05) is 6.92 Å². The number of nitrogens with zero attached hydrogens (tertiary/aromatic N) is 1. The van der Waals surface area contributed by atoms with Crippen LogP contribution in [0.2, 0.25) is 0 Å². The van der Waals surface area contributed by atoms with Gasteiger partial charge in [0, 0.05) is 12.1 Å². The summed E-state index contributed by atoms with van der Waals surface area (Å²) in [5.41, 5.74) is 1.79. The highest BCUT2D eigenvalue weighted by Crippen LogP contribution is 2.43. The molecule has 1 saturated heterocycles. The SMILES string of the molecule is Cc1ccc(/C(O)=C2\C(=O)C(=O)N(CCC(=O)O)C2c2ccc3c(c2)OCO3)cc1. The summed E-state index contributed by atoms with van der Waals surface area (Å²) in [5, 5.41) is 20.0. The molecule has 0 aliphatic carbocycles. The summed E-state index contributed by atoms with van der Waals surface area (Å²) >= 11 is 0. The van der Waals surface area contributed by atoms with Crippen molar-refractivity contribution < 1.29 is 34.1 Å². The van der Waals surface area contributed by atoms with E-state index in [-0.39, 0.29) is 31.1 Å². The lowest BCUT2D eigenvalue weighted by Crippen LogP contribution is -2.31. The molecule has 1 atom stereocenters. The standard InChI is InChI=1S/C22H19NO7/c1-12-2-4-13(5-3-12)20(26)18-19(14-6-7-15-16(10-14)30-11-29-15)23(9-8-17(24)25)22(28)21(18)27/h2-7,10,19,26H,8-9,11H2,1H3,(H,24,25)/b20-18+. The number of benzene rings is 2. The topological polar surface area (TPSA) is 113 Å². The molecule has 0 radical (unpaired) electrons. The van der Waals surface area contributed by atoms with Gasteiger partial charge in [-0.25, -0.2) is 0 Å². The zero-order valence-electron chi connectivity index (χ0n) is 16.1. The smallest absolute Gasteiger partial charge is 0.305 e. The lowest BCUT2D eigenvalue weighted by Gasteiger charge is -2.25. The van der Waals surface area contributed by atoms with Crippen molar-refractivity contribution in [1.82, 2.24) is 4.90 Å². The molecule has 1 fully saturated rings. The highest BCUT2D eigenvalue weighted by Gasteiger charge is 2.46. The van der Waals surface area contributed by atoms with Crippen molar-refractivity contribution in [3.05, 3.63) is 64.7 Å². The molecule has 8 nitrogen and oxygen atoms in total. The van der Waals surface area contributed by atoms with E-state index in [2.05, 4.69) is 0 Å². The number of carboxylic acid groups (broad SMARTS) is 1. The zero-order chi connectivity index (χ0) is 21.4. The van der Waals surface area contributed by atoms with Crippen LogP contribution >= 0.6 is 0 Å². The fraction of sp³-hybridized carbons (Fsp3) is 0.227. The van der Waals surface area contributed by atoms with Gasteiger partial charge in [-0.1, -0.05) is 35.9 Å². The van der Waals surface area contributed by atoms with E-state index in [0.29, 0.717) is 22.6 Å². The Labute approximate surface area is 171 Å². The van der Waals surface area contributed by atoms with Gasteiger partial charge in [-0.05, 0) is 24.6 Å². The number of carboxylic acids is 1. The van der Waals surface area contributed by atoms with Crippen LogP contribution in [-0.2, 0) is 14.4 Å². The number of ether oxygens (including phenoxy) is 2. The van der Waals surface area contributed by atoms with Crippen LogP contribution in [-0.4, -0.2) is 46.1 Å². The van der Waals surface area contributed by atoms with Gasteiger partial charge in [0.2, 0.25) is 6.79 Å². The first-order chi connectivity index (χ1) is 14.4. The number of likely N-dealkylation sites (tertiary alicyclic amines) is 1. The molecular weight excluding hydrogens is 390 g/mol. The minimum Gasteiger partial charge on any atom is -0.507 e. The Morgan fingerprint density at radius 1 is 1.07 bits per heavy atom. The minimum atomic E-state index is -1.10. The van der Waals surface area contributed by atoms with Crippen LogP contribution in [0.15, 0.2) is 48.0 Å². The van der Waals surface area contributed by atoms with Crippen molar-refractivity contribution in [3.63, 3.8) is 0 Å². The van der Waals surface area contributed by atoms with Crippen molar-refractivity contribution in [2.75, 3.05) is 13.3 Å². The molecule has 0 spiro atoms. The van der Waals surface area contributed by atoms with E-state index in [1.54, 1.807) is 42.5 Å². The van der Waals surface area contributed by atoms with Gasteiger partial charge in [-0.2, -0.15) is 0 Å². The van der Waals surface area contributed by atoms with Crippen LogP contribution in [0.5, 0.6) is 11.5 Å². The summed E-state index contributed by atoms with van der Waals surface area (Å²) in [6, 6.07) is 10.9. The molecular formula is C22H19NO7. The third kappa shape index (κ3) is 3.36. The number of hydrogen-bond donors (Lipinski definition) is 2. The molecule has 154 valence electrons. The van der Waals surface area contributed by atoms with E-state index in [4.69, 9.17) is 14.6 Å². The second kappa shape index (κ2) is 7.55. The molecule has 4 rings (SSSR count). The number of ketones is 1. The minimum absolute atomic E-state index is 0.0569. The summed E-state index contributed by atoms with van der Waals surface area (Å²) in [6.45, 7) is 1.77. The number of aryl methyl sites for hydroxylation is 1. The number of aliphatic hydroxyl groups is 1. The van der Waals surface area contributed by atoms with Gasteiger partial charge in [0.1, 0.15) is 5.76 Å². The molecule has 2 N–H and O–H groups in total. The second-order valence-corrected chi connectivity index (χ2v) is 7.11. The predicted octanol–water partition coefficient (Wildman–Crippen LogP) is 2.62. The number of Topliss-reactive ketones (excluding diaryl/α,β-unsaturated/α-hetero) is 1. The quantitative estimate of drug-likeness (QED) is 0.443. The fourth-order valence-electron chi connectivity index (χ4n) is 3.62. The predicted molar refractivity (Wildman–Crippen MR) is 105 cm³/mol. The van der Waals surface area contributed by atoms with Crippen LogP contribution in [0.25, 0.3) is 5.76 Å². The van der Waals surface area contributed by atoms with Crippen LogP contribution in [0.4, 0.5) is 0 Å². The lowest BCUT2D eigenvalue weighted by atomic mass is 9.94. The Bertz CT molecular complexity index is 1070. The van der Waals surface area contributed by atoms with E-state index < -0.39 is 23.7 Å². The van der Waals surface area contributed by atoms with Gasteiger partial charge in [0.25, 0.3) is 11.7 Å². The van der Waals surface area contributed by atoms with Gasteiger partial charge in [0.05, 0.1) is 18.0 Å². The van der Waals surface area contributed by atoms with Gasteiger partial charge in [-0.3, -0.25) is 14.4 Å². The highest BCUT2D eigenvalue weighted by molar-refractivity contribution is 6.46. The number of amides is 1. The fourth-order valence-corrected chi connectivity index (χ4v) is 3.62. The second-order valence-electron chi connectivity index (χ2n) is 7.11. The van der Waals surface area contributed by atoms with Crippen molar-refractivity contribution >= 4 is 23.4 Å². The summed E-state index contributed by atoms with van der Waals surface area (Å²) < 4.78 is 10.7. The molecule has 2 aliphatic rings. The summed E-state index contributed by atoms with van der Waals surface area (Å²) in [6.07, 6.45) is -0.335. The zero-order valence-corrected chi connectivity index (χ0v) is 16.1. The number of fused-ring (bicyclic) bond motifs is 1. The van der Waals surface area contributed by atoms with E-state index in [9.17, 15) is 19.5 Å². The third-order valence-corrected chi connectivity index (χ3v) is 5.14. The molecule has 1 amide bonds. The molecule has 2 heterocycles. The first-order valence-electron chi connectivity index (χ1n) is 9.33. The number of aliphatic hydroxyl groups excluding tert-OH is 1. The van der Waals surface area contributed by atoms with Crippen molar-refractivity contribution in [2.45, 2.75) is 19.4 Å². The Morgan fingerprint density at radius 3 is 2.47 bits per heavy atom. The number of carbonyl (C=O) groups excluding carboxylic acids is 2. The largest absolute Gasteiger partial charge is 0.507 e. The number of carbonyl (C=O) groups is 3. The maximum Gasteiger partial charge on any atom is 0.305 e. The Balaban J connectivity index is 1.84. The monoisotopic (exact) mass is 409 g/mol. The van der Waals surface area contributed by atoms with Crippen LogP contribution in [0.3, 0.4) is 0 Å². The average Bonchev–Trinajstić information content (AvgIpc) is 3.29. The molecule has 2 aliphatic heterocycles. The van der Waals surface area contributed by atoms with Gasteiger partial charge in [-0.15, -0.1) is 0 Å². The number of aliphatic carboxylic acids is 1. The molecule has 2 aromatic carbocycles. The number of rotatable bonds is 5. The summed E-state index contributed by atoms with van der Waals surface area (Å²) in [7, 11) is 0. The van der Waals surface area contributed by atoms with E-state index in [0.717, 1.165) is 5.56 Å². The Morgan fingerprint density at radius 2 is 1.77 bits per heavy atom. The maximum absolute atomic E-state index is 12.8. The Kier molecular flexibility index (Phi) is 4.91. The maximum atomic E-state index is 12.8. The van der Waals surface area contributed by atoms with Crippen molar-refractivity contribution in [1.29, 1.82) is 0 Å². The summed E-state index contributed by atoms with van der Waals surface area (Å²) in [5.74, 6) is -2.14. The van der Waals surface area contributed by atoms with Crippen molar-refractivity contribution in [2.24, 2.45) is 0 Å². The first-order valence-corrected chi connectivity index (χ1v) is 9.33. The van der Waals surface area contributed by atoms with Crippen LogP contribution < -0.4 is 9.47 Å². The average molecular weight is 409 g/mol. The first kappa shape index (κ1) is 19.5. The normalized spacial score (nSPS) is 19.4. The van der Waals surface area contributed by atoms with E-state index in [1.165, 1.54) is 4.90 Å². The lowest BCUT2D eigenvalue weighted by molar-refractivity contribution is -0.142. The molecule has 8 heteroatoms. The summed E-state index contributed by atoms with van der Waals surface area (Å²) in [4.78, 5) is 37.8. The van der Waals surface area contributed by atoms with Crippen LogP contribution in [0, 0.1) is 6.92 Å². The molecule has 0 bridgehead atoms. The van der Waals surface area contributed by atoms with Gasteiger partial charge in [0.15, 0.2) is 11.5 Å². The van der Waals surface area contributed by atoms with Crippen molar-refractivity contribution in [3.8, 4) is 11.5 Å². The molecule has 0 aromatic heterocycles.